The van der Waals surface area contributed by atoms with Gasteiger partial charge >= 0.3 is 5.97 Å². The molecule has 4 nitrogen and oxygen atoms in total. The van der Waals surface area contributed by atoms with E-state index in [1.165, 1.54) is 0 Å². The van der Waals surface area contributed by atoms with Crippen LogP contribution in [-0.4, -0.2) is 20.5 Å². The fourth-order valence-corrected chi connectivity index (χ4v) is 2.12. The SMILES string of the molecule is O=C(O)c1nc(-c2ccc(Cl)cc2)n2ccccc12. The molecule has 0 radical (unpaired) electrons. The summed E-state index contributed by atoms with van der Waals surface area (Å²) in [6.07, 6.45) is 1.79. The van der Waals surface area contributed by atoms with Crippen LogP contribution in [0.15, 0.2) is 48.7 Å². The minimum Gasteiger partial charge on any atom is -0.476 e. The van der Waals surface area contributed by atoms with Crippen molar-refractivity contribution in [2.75, 3.05) is 0 Å². The fourth-order valence-electron chi connectivity index (χ4n) is 2.00. The van der Waals surface area contributed by atoms with Crippen molar-refractivity contribution >= 4 is 23.1 Å². The van der Waals surface area contributed by atoms with Crippen LogP contribution in [0, 0.1) is 0 Å². The second-order valence-electron chi connectivity index (χ2n) is 4.05. The number of nitrogens with zero attached hydrogens (tertiary/aromatic N) is 2. The molecule has 19 heavy (non-hydrogen) atoms. The van der Waals surface area contributed by atoms with Crippen LogP contribution < -0.4 is 0 Å². The zero-order valence-electron chi connectivity index (χ0n) is 9.75. The standard InChI is InChI=1S/C14H9ClN2O2/c15-10-6-4-9(5-7-10)13-16-12(14(18)19)11-3-1-2-8-17(11)13/h1-8H,(H,18,19). The summed E-state index contributed by atoms with van der Waals surface area (Å²) >= 11 is 5.85. The number of hydrogen-bond donors (Lipinski definition) is 1. The summed E-state index contributed by atoms with van der Waals surface area (Å²) in [6, 6.07) is 12.5. The molecule has 2 heterocycles. The van der Waals surface area contributed by atoms with Gasteiger partial charge in [0.25, 0.3) is 0 Å². The molecule has 0 atom stereocenters. The van der Waals surface area contributed by atoms with Gasteiger partial charge < -0.3 is 5.11 Å². The highest BCUT2D eigenvalue weighted by molar-refractivity contribution is 6.30. The lowest BCUT2D eigenvalue weighted by Crippen LogP contribution is -1.96. The molecule has 0 spiro atoms. The lowest BCUT2D eigenvalue weighted by molar-refractivity contribution is 0.0693. The van der Waals surface area contributed by atoms with E-state index in [2.05, 4.69) is 4.98 Å². The summed E-state index contributed by atoms with van der Waals surface area (Å²) in [5.41, 5.74) is 1.43. The molecule has 0 aliphatic rings. The molecular formula is C14H9ClN2O2. The van der Waals surface area contributed by atoms with Crippen molar-refractivity contribution in [2.45, 2.75) is 0 Å². The van der Waals surface area contributed by atoms with E-state index in [1.54, 1.807) is 34.9 Å². The van der Waals surface area contributed by atoms with Gasteiger partial charge in [-0.25, -0.2) is 9.78 Å². The van der Waals surface area contributed by atoms with Crippen LogP contribution in [0.25, 0.3) is 16.9 Å². The van der Waals surface area contributed by atoms with E-state index in [0.29, 0.717) is 16.4 Å². The third-order valence-electron chi connectivity index (χ3n) is 2.85. The lowest BCUT2D eigenvalue weighted by atomic mass is 10.2. The lowest BCUT2D eigenvalue weighted by Gasteiger charge is -2.00. The first-order valence-electron chi connectivity index (χ1n) is 5.63. The molecule has 2 aromatic heterocycles. The van der Waals surface area contributed by atoms with E-state index in [1.807, 2.05) is 18.2 Å². The Balaban J connectivity index is 2.29. The molecule has 1 N–H and O–H groups in total. The summed E-state index contributed by atoms with van der Waals surface area (Å²) in [6.45, 7) is 0. The van der Waals surface area contributed by atoms with Crippen molar-refractivity contribution in [2.24, 2.45) is 0 Å². The maximum atomic E-state index is 11.2. The molecule has 3 rings (SSSR count). The summed E-state index contributed by atoms with van der Waals surface area (Å²) in [4.78, 5) is 15.4. The first-order chi connectivity index (χ1) is 9.16. The van der Waals surface area contributed by atoms with Crippen LogP contribution in [0.3, 0.4) is 0 Å². The maximum Gasteiger partial charge on any atom is 0.356 e. The second kappa shape index (κ2) is 4.40. The number of halogens is 1. The van der Waals surface area contributed by atoms with Crippen LogP contribution in [0.1, 0.15) is 10.5 Å². The number of hydrogen-bond acceptors (Lipinski definition) is 2. The van der Waals surface area contributed by atoms with E-state index in [4.69, 9.17) is 11.6 Å². The average Bonchev–Trinajstić information content (AvgIpc) is 2.79. The minimum absolute atomic E-state index is 0.0468. The number of carboxylic acid groups (broad SMARTS) is 1. The zero-order valence-corrected chi connectivity index (χ0v) is 10.5. The molecular weight excluding hydrogens is 264 g/mol. The van der Waals surface area contributed by atoms with Gasteiger partial charge in [0.05, 0.1) is 5.52 Å². The maximum absolute atomic E-state index is 11.2. The summed E-state index contributed by atoms with van der Waals surface area (Å²) in [5.74, 6) is -0.450. The predicted octanol–water partition coefficient (Wildman–Crippen LogP) is 3.35. The van der Waals surface area contributed by atoms with Gasteiger partial charge in [0.2, 0.25) is 0 Å². The Morgan fingerprint density at radius 1 is 1.16 bits per heavy atom. The quantitative estimate of drug-likeness (QED) is 0.778. The van der Waals surface area contributed by atoms with Gasteiger partial charge in [0.1, 0.15) is 5.82 Å². The van der Waals surface area contributed by atoms with Gasteiger partial charge in [0.15, 0.2) is 5.69 Å². The van der Waals surface area contributed by atoms with Crippen molar-refractivity contribution < 1.29 is 9.90 Å². The molecule has 5 heteroatoms. The molecule has 0 aliphatic heterocycles. The number of aromatic carboxylic acids is 1. The largest absolute Gasteiger partial charge is 0.476 e. The third kappa shape index (κ3) is 1.96. The van der Waals surface area contributed by atoms with Gasteiger partial charge in [-0.3, -0.25) is 4.40 Å². The topological polar surface area (TPSA) is 54.6 Å². The molecule has 0 unspecified atom stereocenters. The Morgan fingerprint density at radius 2 is 1.89 bits per heavy atom. The molecule has 0 amide bonds. The van der Waals surface area contributed by atoms with Gasteiger partial charge in [-0.1, -0.05) is 17.7 Å². The Kier molecular flexibility index (Phi) is 2.72. The number of aromatic nitrogens is 2. The monoisotopic (exact) mass is 272 g/mol. The summed E-state index contributed by atoms with van der Waals surface area (Å²) in [7, 11) is 0. The van der Waals surface area contributed by atoms with E-state index in [9.17, 15) is 9.90 Å². The number of carbonyl (C=O) groups is 1. The highest BCUT2D eigenvalue weighted by atomic mass is 35.5. The number of imidazole rings is 1. The van der Waals surface area contributed by atoms with Crippen LogP contribution in [-0.2, 0) is 0 Å². The second-order valence-corrected chi connectivity index (χ2v) is 4.49. The van der Waals surface area contributed by atoms with Crippen molar-refractivity contribution in [1.82, 2.24) is 9.38 Å². The fraction of sp³-hybridized carbons (Fsp3) is 0. The van der Waals surface area contributed by atoms with Crippen molar-refractivity contribution in [3.05, 3.63) is 59.4 Å². The van der Waals surface area contributed by atoms with E-state index in [-0.39, 0.29) is 5.69 Å². The highest BCUT2D eigenvalue weighted by Crippen LogP contribution is 2.24. The number of carboxylic acids is 1. The Hall–Kier alpha value is -2.33. The van der Waals surface area contributed by atoms with Crippen molar-refractivity contribution in [1.29, 1.82) is 0 Å². The molecule has 0 saturated carbocycles. The van der Waals surface area contributed by atoms with Crippen molar-refractivity contribution in [3.8, 4) is 11.4 Å². The third-order valence-corrected chi connectivity index (χ3v) is 3.11. The molecule has 1 aromatic carbocycles. The molecule has 0 saturated heterocycles. The first kappa shape index (κ1) is 11.7. The number of pyridine rings is 1. The van der Waals surface area contributed by atoms with Gasteiger partial charge in [-0.15, -0.1) is 0 Å². The normalized spacial score (nSPS) is 10.8. The number of fused-ring (bicyclic) bond motifs is 1. The molecule has 94 valence electrons. The van der Waals surface area contributed by atoms with Crippen LogP contribution in [0.4, 0.5) is 0 Å². The minimum atomic E-state index is -1.04. The smallest absolute Gasteiger partial charge is 0.356 e. The Morgan fingerprint density at radius 3 is 2.58 bits per heavy atom. The van der Waals surface area contributed by atoms with E-state index < -0.39 is 5.97 Å². The van der Waals surface area contributed by atoms with Gasteiger partial charge in [-0.2, -0.15) is 0 Å². The first-order valence-corrected chi connectivity index (χ1v) is 6.01. The molecule has 0 bridgehead atoms. The number of benzene rings is 1. The van der Waals surface area contributed by atoms with Gasteiger partial charge in [0, 0.05) is 16.8 Å². The van der Waals surface area contributed by atoms with E-state index in [0.717, 1.165) is 5.56 Å². The molecule has 0 fully saturated rings. The van der Waals surface area contributed by atoms with E-state index >= 15 is 0 Å². The number of rotatable bonds is 2. The predicted molar refractivity (Wildman–Crippen MR) is 72.6 cm³/mol. The summed E-state index contributed by atoms with van der Waals surface area (Å²) < 4.78 is 1.76. The zero-order chi connectivity index (χ0) is 13.4. The summed E-state index contributed by atoms with van der Waals surface area (Å²) in [5, 5.41) is 9.82. The van der Waals surface area contributed by atoms with Crippen LogP contribution in [0.5, 0.6) is 0 Å². The van der Waals surface area contributed by atoms with Crippen molar-refractivity contribution in [3.63, 3.8) is 0 Å². The van der Waals surface area contributed by atoms with Crippen LogP contribution >= 0.6 is 11.6 Å². The van der Waals surface area contributed by atoms with Gasteiger partial charge in [-0.05, 0) is 36.4 Å². The van der Waals surface area contributed by atoms with Crippen LogP contribution in [0.2, 0.25) is 5.02 Å². The highest BCUT2D eigenvalue weighted by Gasteiger charge is 2.16. The molecule has 3 aromatic rings. The Labute approximate surface area is 113 Å². The molecule has 0 aliphatic carbocycles. The average molecular weight is 273 g/mol. The Bertz CT molecular complexity index is 763.